The standard InChI is InChI=1S/C16H21Cl2N3O3/c1-16(2,3)24-15(23)19-10-14(22)21-8-4-7-20(21)13-9-11(17)5-6-12(13)18/h5-6,9H,4,7-8,10H2,1-3H3,(H,19,23). The van der Waals surface area contributed by atoms with Crippen LogP contribution in [0.25, 0.3) is 0 Å². The second-order valence-electron chi connectivity index (χ2n) is 6.44. The number of halogens is 2. The predicted octanol–water partition coefficient (Wildman–Crippen LogP) is 3.47. The zero-order valence-electron chi connectivity index (χ0n) is 13.9. The fraction of sp³-hybridized carbons (Fsp3) is 0.500. The molecule has 0 spiro atoms. The minimum absolute atomic E-state index is 0.149. The summed E-state index contributed by atoms with van der Waals surface area (Å²) in [6, 6.07) is 5.11. The molecule has 0 atom stereocenters. The highest BCUT2D eigenvalue weighted by Gasteiger charge is 2.29. The van der Waals surface area contributed by atoms with Gasteiger partial charge in [-0.05, 0) is 45.4 Å². The van der Waals surface area contributed by atoms with Crippen molar-refractivity contribution in [2.75, 3.05) is 24.6 Å². The van der Waals surface area contributed by atoms with Gasteiger partial charge in [-0.2, -0.15) is 0 Å². The summed E-state index contributed by atoms with van der Waals surface area (Å²) in [5, 5.41) is 6.88. The van der Waals surface area contributed by atoms with E-state index in [1.54, 1.807) is 49.0 Å². The lowest BCUT2D eigenvalue weighted by atomic mass is 10.2. The van der Waals surface area contributed by atoms with E-state index >= 15 is 0 Å². The molecule has 1 aliphatic rings. The zero-order valence-corrected chi connectivity index (χ0v) is 15.4. The van der Waals surface area contributed by atoms with Gasteiger partial charge < -0.3 is 10.1 Å². The molecule has 1 heterocycles. The summed E-state index contributed by atoms with van der Waals surface area (Å²) < 4.78 is 5.12. The number of hydrazine groups is 1. The van der Waals surface area contributed by atoms with E-state index in [1.165, 1.54) is 0 Å². The predicted molar refractivity (Wildman–Crippen MR) is 94.4 cm³/mol. The number of anilines is 1. The van der Waals surface area contributed by atoms with Crippen molar-refractivity contribution in [2.24, 2.45) is 0 Å². The Hall–Kier alpha value is -1.66. The molecule has 8 heteroatoms. The van der Waals surface area contributed by atoms with E-state index in [-0.39, 0.29) is 12.5 Å². The van der Waals surface area contributed by atoms with Crippen LogP contribution < -0.4 is 10.3 Å². The summed E-state index contributed by atoms with van der Waals surface area (Å²) in [6.45, 7) is 6.34. The number of nitrogens with one attached hydrogen (secondary N) is 1. The van der Waals surface area contributed by atoms with E-state index < -0.39 is 11.7 Å². The van der Waals surface area contributed by atoms with Gasteiger partial charge in [0.05, 0.1) is 10.7 Å². The number of hydrogen-bond acceptors (Lipinski definition) is 4. The lowest BCUT2D eigenvalue weighted by molar-refractivity contribution is -0.129. The largest absolute Gasteiger partial charge is 0.444 e. The first-order valence-electron chi connectivity index (χ1n) is 7.67. The number of carbonyl (C=O) groups is 2. The lowest BCUT2D eigenvalue weighted by Gasteiger charge is -2.30. The van der Waals surface area contributed by atoms with Crippen LogP contribution in [0.5, 0.6) is 0 Å². The molecule has 0 bridgehead atoms. The molecule has 132 valence electrons. The smallest absolute Gasteiger partial charge is 0.408 e. The van der Waals surface area contributed by atoms with Gasteiger partial charge in [0.1, 0.15) is 12.1 Å². The molecule has 1 saturated heterocycles. The van der Waals surface area contributed by atoms with Crippen LogP contribution in [0.3, 0.4) is 0 Å². The van der Waals surface area contributed by atoms with Gasteiger partial charge in [0.25, 0.3) is 5.91 Å². The monoisotopic (exact) mass is 373 g/mol. The Bertz CT molecular complexity index is 631. The summed E-state index contributed by atoms with van der Waals surface area (Å²) in [5.74, 6) is -0.241. The van der Waals surface area contributed by atoms with E-state index in [1.807, 2.05) is 0 Å². The van der Waals surface area contributed by atoms with Crippen LogP contribution in [0.2, 0.25) is 10.0 Å². The van der Waals surface area contributed by atoms with Crippen molar-refractivity contribution in [3.8, 4) is 0 Å². The van der Waals surface area contributed by atoms with Crippen molar-refractivity contribution >= 4 is 40.9 Å². The first-order valence-corrected chi connectivity index (χ1v) is 8.43. The molecular formula is C16H21Cl2N3O3. The normalized spacial score (nSPS) is 14.7. The maximum absolute atomic E-state index is 12.4. The molecule has 1 aromatic rings. The van der Waals surface area contributed by atoms with Crippen LogP contribution in [0, 0.1) is 0 Å². The third-order valence-corrected chi connectivity index (χ3v) is 3.84. The summed E-state index contributed by atoms with van der Waals surface area (Å²) in [7, 11) is 0. The van der Waals surface area contributed by atoms with Gasteiger partial charge >= 0.3 is 6.09 Å². The topological polar surface area (TPSA) is 61.9 Å². The van der Waals surface area contributed by atoms with Crippen molar-refractivity contribution < 1.29 is 14.3 Å². The van der Waals surface area contributed by atoms with Crippen molar-refractivity contribution in [3.05, 3.63) is 28.2 Å². The van der Waals surface area contributed by atoms with Gasteiger partial charge in [-0.3, -0.25) is 14.8 Å². The summed E-state index contributed by atoms with van der Waals surface area (Å²) in [6.07, 6.45) is 0.184. The summed E-state index contributed by atoms with van der Waals surface area (Å²) in [4.78, 5) is 24.1. The Morgan fingerprint density at radius 2 is 1.96 bits per heavy atom. The van der Waals surface area contributed by atoms with Crippen LogP contribution in [0.1, 0.15) is 27.2 Å². The Kier molecular flexibility index (Phi) is 5.83. The number of carbonyl (C=O) groups excluding carboxylic acids is 2. The third kappa shape index (κ3) is 4.92. The van der Waals surface area contributed by atoms with Crippen LogP contribution >= 0.6 is 23.2 Å². The number of rotatable bonds is 3. The molecule has 0 aromatic heterocycles. The van der Waals surface area contributed by atoms with E-state index in [2.05, 4.69) is 5.32 Å². The minimum atomic E-state index is -0.623. The molecule has 0 radical (unpaired) electrons. The number of ether oxygens (including phenoxy) is 1. The molecule has 24 heavy (non-hydrogen) atoms. The summed E-state index contributed by atoms with van der Waals surface area (Å²) in [5.41, 5.74) is 0.0634. The molecule has 0 saturated carbocycles. The molecule has 1 aromatic carbocycles. The first-order chi connectivity index (χ1) is 11.2. The molecule has 1 fully saturated rings. The summed E-state index contributed by atoms with van der Waals surface area (Å²) >= 11 is 12.2. The molecule has 2 amide bonds. The van der Waals surface area contributed by atoms with E-state index in [9.17, 15) is 9.59 Å². The molecule has 1 aliphatic heterocycles. The highest BCUT2D eigenvalue weighted by Crippen LogP contribution is 2.32. The minimum Gasteiger partial charge on any atom is -0.444 e. The van der Waals surface area contributed by atoms with Crippen LogP contribution in [-0.2, 0) is 9.53 Å². The molecular weight excluding hydrogens is 353 g/mol. The van der Waals surface area contributed by atoms with Gasteiger partial charge in [-0.25, -0.2) is 4.79 Å². The fourth-order valence-electron chi connectivity index (χ4n) is 2.36. The molecule has 0 aliphatic carbocycles. The Morgan fingerprint density at radius 1 is 1.25 bits per heavy atom. The zero-order chi connectivity index (χ0) is 17.9. The van der Waals surface area contributed by atoms with E-state index in [0.29, 0.717) is 28.8 Å². The third-order valence-electron chi connectivity index (χ3n) is 3.29. The van der Waals surface area contributed by atoms with Crippen molar-refractivity contribution in [1.82, 2.24) is 10.3 Å². The van der Waals surface area contributed by atoms with Crippen molar-refractivity contribution in [2.45, 2.75) is 32.8 Å². The van der Waals surface area contributed by atoms with E-state index in [4.69, 9.17) is 27.9 Å². The molecule has 0 unspecified atom stereocenters. The number of benzene rings is 1. The highest BCUT2D eigenvalue weighted by molar-refractivity contribution is 6.35. The lowest BCUT2D eigenvalue weighted by Crippen LogP contribution is -2.47. The molecule has 6 nitrogen and oxygen atoms in total. The maximum atomic E-state index is 12.4. The molecule has 1 N–H and O–H groups in total. The van der Waals surface area contributed by atoms with Gasteiger partial charge in [-0.15, -0.1) is 0 Å². The Labute approximate surface area is 151 Å². The molecule has 2 rings (SSSR count). The highest BCUT2D eigenvalue weighted by atomic mass is 35.5. The fourth-order valence-corrected chi connectivity index (χ4v) is 2.74. The van der Waals surface area contributed by atoms with Crippen LogP contribution in [-0.4, -0.2) is 42.2 Å². The number of alkyl carbamates (subject to hydrolysis) is 1. The van der Waals surface area contributed by atoms with Gasteiger partial charge in [0, 0.05) is 18.1 Å². The quantitative estimate of drug-likeness (QED) is 0.880. The maximum Gasteiger partial charge on any atom is 0.408 e. The average molecular weight is 374 g/mol. The number of amides is 2. The Morgan fingerprint density at radius 3 is 2.62 bits per heavy atom. The average Bonchev–Trinajstić information content (AvgIpc) is 2.95. The van der Waals surface area contributed by atoms with E-state index in [0.717, 1.165) is 6.42 Å². The van der Waals surface area contributed by atoms with Gasteiger partial charge in [0.2, 0.25) is 0 Å². The van der Waals surface area contributed by atoms with Gasteiger partial charge in [0.15, 0.2) is 0 Å². The van der Waals surface area contributed by atoms with Crippen LogP contribution in [0.4, 0.5) is 10.5 Å². The number of hydrogen-bond donors (Lipinski definition) is 1. The van der Waals surface area contributed by atoms with Crippen molar-refractivity contribution in [1.29, 1.82) is 0 Å². The van der Waals surface area contributed by atoms with Gasteiger partial charge in [-0.1, -0.05) is 23.2 Å². The number of nitrogens with zero attached hydrogens (tertiary/aromatic N) is 2. The van der Waals surface area contributed by atoms with Crippen molar-refractivity contribution in [3.63, 3.8) is 0 Å². The van der Waals surface area contributed by atoms with Crippen LogP contribution in [0.15, 0.2) is 18.2 Å². The Balaban J connectivity index is 2.01. The first kappa shape index (κ1) is 18.7. The second kappa shape index (κ2) is 7.49. The second-order valence-corrected chi connectivity index (χ2v) is 7.29. The SMILES string of the molecule is CC(C)(C)OC(=O)NCC(=O)N1CCCN1c1cc(Cl)ccc1Cl.